The van der Waals surface area contributed by atoms with Crippen LogP contribution in [0.25, 0.3) is 0 Å². The van der Waals surface area contributed by atoms with Crippen molar-refractivity contribution in [2.75, 3.05) is 18.8 Å². The molecule has 1 heterocycles. The van der Waals surface area contributed by atoms with Crippen molar-refractivity contribution < 1.29 is 0 Å². The van der Waals surface area contributed by atoms with E-state index in [0.717, 1.165) is 11.2 Å². The van der Waals surface area contributed by atoms with Crippen molar-refractivity contribution in [3.8, 4) is 0 Å². The summed E-state index contributed by atoms with van der Waals surface area (Å²) in [6, 6.07) is 0. The lowest BCUT2D eigenvalue weighted by Crippen LogP contribution is -2.17. The molecular formula is C11H21NS. The Labute approximate surface area is 86.0 Å². The van der Waals surface area contributed by atoms with Crippen LogP contribution >= 0.6 is 11.8 Å². The average molecular weight is 199 g/mol. The van der Waals surface area contributed by atoms with Crippen LogP contribution in [0.1, 0.15) is 38.5 Å². The molecule has 2 rings (SSSR count). The van der Waals surface area contributed by atoms with Gasteiger partial charge in [0, 0.05) is 5.25 Å². The minimum Gasteiger partial charge on any atom is -0.317 e. The molecule has 1 atom stereocenters. The average Bonchev–Trinajstić information content (AvgIpc) is 2.30. The number of thioether (sulfide) groups is 1. The van der Waals surface area contributed by atoms with Crippen LogP contribution < -0.4 is 5.32 Å². The van der Waals surface area contributed by atoms with Crippen molar-refractivity contribution in [1.82, 2.24) is 5.32 Å². The van der Waals surface area contributed by atoms with E-state index in [9.17, 15) is 0 Å². The largest absolute Gasteiger partial charge is 0.317 e. The molecule has 1 N–H and O–H groups in total. The Morgan fingerprint density at radius 2 is 1.92 bits per heavy atom. The fourth-order valence-corrected chi connectivity index (χ4v) is 3.58. The lowest BCUT2D eigenvalue weighted by Gasteiger charge is -2.26. The van der Waals surface area contributed by atoms with Gasteiger partial charge in [-0.25, -0.2) is 0 Å². The van der Waals surface area contributed by atoms with Gasteiger partial charge in [-0.15, -0.1) is 0 Å². The van der Waals surface area contributed by atoms with Crippen LogP contribution in [0.2, 0.25) is 0 Å². The Balaban J connectivity index is 1.61. The second kappa shape index (κ2) is 5.26. The maximum atomic E-state index is 3.48. The lowest BCUT2D eigenvalue weighted by molar-refractivity contribution is 0.352. The van der Waals surface area contributed by atoms with E-state index in [1.165, 1.54) is 57.4 Å². The van der Waals surface area contributed by atoms with Gasteiger partial charge >= 0.3 is 0 Å². The van der Waals surface area contributed by atoms with E-state index >= 15 is 0 Å². The number of rotatable bonds is 3. The van der Waals surface area contributed by atoms with Crippen molar-refractivity contribution in [1.29, 1.82) is 0 Å². The van der Waals surface area contributed by atoms with E-state index in [1.54, 1.807) is 0 Å². The summed E-state index contributed by atoms with van der Waals surface area (Å²) in [6.45, 7) is 2.50. The quantitative estimate of drug-likeness (QED) is 0.750. The normalized spacial score (nSPS) is 30.9. The van der Waals surface area contributed by atoms with Crippen LogP contribution in [0, 0.1) is 5.92 Å². The molecule has 0 spiro atoms. The van der Waals surface area contributed by atoms with Crippen molar-refractivity contribution in [3.63, 3.8) is 0 Å². The second-order valence-corrected chi connectivity index (χ2v) is 5.77. The fraction of sp³-hybridized carbons (Fsp3) is 1.00. The molecule has 1 saturated carbocycles. The van der Waals surface area contributed by atoms with Crippen LogP contribution in [0.15, 0.2) is 0 Å². The number of nitrogens with one attached hydrogen (secondary N) is 1. The standard InChI is InChI=1S/C11H21NS/c1-3-10(4-1)9-13-11-5-2-7-12-8-6-11/h10-12H,1-9H2. The van der Waals surface area contributed by atoms with Gasteiger partial charge in [0.1, 0.15) is 0 Å². The summed E-state index contributed by atoms with van der Waals surface area (Å²) in [4.78, 5) is 0. The Bertz CT molecular complexity index is 137. The summed E-state index contributed by atoms with van der Waals surface area (Å²) < 4.78 is 0. The van der Waals surface area contributed by atoms with Gasteiger partial charge < -0.3 is 5.32 Å². The first kappa shape index (κ1) is 9.85. The second-order valence-electron chi connectivity index (χ2n) is 4.43. The van der Waals surface area contributed by atoms with E-state index in [1.807, 2.05) is 0 Å². The van der Waals surface area contributed by atoms with E-state index in [2.05, 4.69) is 17.1 Å². The third kappa shape index (κ3) is 3.17. The first-order valence-corrected chi connectivity index (χ1v) is 6.82. The van der Waals surface area contributed by atoms with E-state index in [-0.39, 0.29) is 0 Å². The fourth-order valence-electron chi connectivity index (χ4n) is 2.09. The maximum absolute atomic E-state index is 3.48. The van der Waals surface area contributed by atoms with Crippen molar-refractivity contribution in [2.24, 2.45) is 5.92 Å². The minimum atomic E-state index is 0.968. The SMILES string of the molecule is C1CC(CSC2CCCNCC2)C1. The van der Waals surface area contributed by atoms with E-state index in [0.29, 0.717) is 0 Å². The molecule has 0 aromatic heterocycles. The van der Waals surface area contributed by atoms with E-state index in [4.69, 9.17) is 0 Å². The van der Waals surface area contributed by atoms with Gasteiger partial charge in [0.15, 0.2) is 0 Å². The van der Waals surface area contributed by atoms with Gasteiger partial charge in [-0.3, -0.25) is 0 Å². The summed E-state index contributed by atoms with van der Waals surface area (Å²) in [5.41, 5.74) is 0. The molecule has 2 heteroatoms. The van der Waals surface area contributed by atoms with Gasteiger partial charge in [0.2, 0.25) is 0 Å². The molecule has 2 aliphatic rings. The first-order valence-electron chi connectivity index (χ1n) is 5.77. The highest BCUT2D eigenvalue weighted by Crippen LogP contribution is 2.32. The van der Waals surface area contributed by atoms with Crippen LogP contribution in [-0.2, 0) is 0 Å². The Morgan fingerprint density at radius 1 is 1.00 bits per heavy atom. The minimum absolute atomic E-state index is 0.968. The zero-order valence-corrected chi connectivity index (χ0v) is 9.24. The maximum Gasteiger partial charge on any atom is 0.00596 e. The molecule has 0 radical (unpaired) electrons. The smallest absolute Gasteiger partial charge is 0.00596 e. The summed E-state index contributed by atoms with van der Waals surface area (Å²) in [5.74, 6) is 2.53. The molecule has 0 amide bonds. The molecule has 0 aromatic carbocycles. The molecule has 2 fully saturated rings. The zero-order chi connectivity index (χ0) is 8.93. The molecule has 0 aromatic rings. The molecule has 0 bridgehead atoms. The van der Waals surface area contributed by atoms with Gasteiger partial charge in [0.05, 0.1) is 0 Å². The predicted molar refractivity (Wildman–Crippen MR) is 60.3 cm³/mol. The van der Waals surface area contributed by atoms with Gasteiger partial charge in [0.25, 0.3) is 0 Å². The highest BCUT2D eigenvalue weighted by Gasteiger charge is 2.20. The molecule has 1 aliphatic carbocycles. The molecular weight excluding hydrogens is 178 g/mol. The Kier molecular flexibility index (Phi) is 3.98. The predicted octanol–water partition coefficient (Wildman–Crippen LogP) is 2.66. The molecule has 1 unspecified atom stereocenters. The first-order chi connectivity index (χ1) is 6.45. The monoisotopic (exact) mass is 199 g/mol. The summed E-state index contributed by atoms with van der Waals surface area (Å²) >= 11 is 2.25. The summed E-state index contributed by atoms with van der Waals surface area (Å²) in [6.07, 6.45) is 8.76. The van der Waals surface area contributed by atoms with Crippen LogP contribution in [0.4, 0.5) is 0 Å². The van der Waals surface area contributed by atoms with Gasteiger partial charge in [-0.2, -0.15) is 11.8 Å². The highest BCUT2D eigenvalue weighted by atomic mass is 32.2. The molecule has 1 aliphatic heterocycles. The van der Waals surface area contributed by atoms with Crippen molar-refractivity contribution >= 4 is 11.8 Å². The van der Waals surface area contributed by atoms with Gasteiger partial charge in [-0.1, -0.05) is 6.42 Å². The third-order valence-corrected chi connectivity index (χ3v) is 4.92. The third-order valence-electron chi connectivity index (χ3n) is 3.32. The molecule has 13 heavy (non-hydrogen) atoms. The summed E-state index contributed by atoms with van der Waals surface area (Å²) in [7, 11) is 0. The number of hydrogen-bond donors (Lipinski definition) is 1. The lowest BCUT2D eigenvalue weighted by atomic mass is 9.87. The zero-order valence-electron chi connectivity index (χ0n) is 8.43. The Hall–Kier alpha value is 0.310. The van der Waals surface area contributed by atoms with Crippen molar-refractivity contribution in [3.05, 3.63) is 0 Å². The molecule has 76 valence electrons. The van der Waals surface area contributed by atoms with Crippen LogP contribution in [0.5, 0.6) is 0 Å². The highest BCUT2D eigenvalue weighted by molar-refractivity contribution is 7.99. The van der Waals surface area contributed by atoms with Crippen molar-refractivity contribution in [2.45, 2.75) is 43.8 Å². The van der Waals surface area contributed by atoms with Crippen LogP contribution in [-0.4, -0.2) is 24.1 Å². The molecule has 1 nitrogen and oxygen atoms in total. The topological polar surface area (TPSA) is 12.0 Å². The van der Waals surface area contributed by atoms with Crippen LogP contribution in [0.3, 0.4) is 0 Å². The summed E-state index contributed by atoms with van der Waals surface area (Å²) in [5, 5.41) is 4.45. The van der Waals surface area contributed by atoms with Gasteiger partial charge in [-0.05, 0) is 56.9 Å². The number of hydrogen-bond acceptors (Lipinski definition) is 2. The Morgan fingerprint density at radius 3 is 2.69 bits per heavy atom. The van der Waals surface area contributed by atoms with E-state index < -0.39 is 0 Å². The molecule has 1 saturated heterocycles.